The molecule has 0 aliphatic rings. The van der Waals surface area contributed by atoms with E-state index in [0.29, 0.717) is 0 Å². The molecule has 0 saturated carbocycles. The van der Waals surface area contributed by atoms with Gasteiger partial charge in [-0.3, -0.25) is 0 Å². The van der Waals surface area contributed by atoms with Crippen LogP contribution in [0.4, 0.5) is 17.1 Å². The molecule has 2 heterocycles. The van der Waals surface area contributed by atoms with Crippen LogP contribution in [-0.4, -0.2) is 4.57 Å². The minimum Gasteiger partial charge on any atom is -0.455 e. The predicted molar refractivity (Wildman–Crippen MR) is 249 cm³/mol. The Kier molecular flexibility index (Phi) is 7.54. The zero-order valence-electron chi connectivity index (χ0n) is 32.1. The molecule has 0 atom stereocenters. The lowest BCUT2D eigenvalue weighted by Gasteiger charge is -2.29. The van der Waals surface area contributed by atoms with Crippen LogP contribution >= 0.6 is 0 Å². The van der Waals surface area contributed by atoms with Gasteiger partial charge in [-0.15, -0.1) is 0 Å². The molecule has 0 aliphatic heterocycles. The van der Waals surface area contributed by atoms with Gasteiger partial charge in [-0.25, -0.2) is 0 Å². The van der Waals surface area contributed by atoms with E-state index in [0.717, 1.165) is 66.8 Å². The molecule has 0 unspecified atom stereocenters. The number of anilines is 3. The zero-order chi connectivity index (χ0) is 38.9. The third-order valence-electron chi connectivity index (χ3n) is 12.0. The largest absolute Gasteiger partial charge is 0.455 e. The van der Waals surface area contributed by atoms with Crippen LogP contribution < -0.4 is 4.90 Å². The topological polar surface area (TPSA) is 21.3 Å². The Morgan fingerprint density at radius 3 is 1.69 bits per heavy atom. The molecule has 0 amide bonds. The highest BCUT2D eigenvalue weighted by Crippen LogP contribution is 2.47. The summed E-state index contributed by atoms with van der Waals surface area (Å²) in [6, 6.07) is 78.7. The first-order valence-corrected chi connectivity index (χ1v) is 20.2. The van der Waals surface area contributed by atoms with Crippen molar-refractivity contribution in [3.05, 3.63) is 218 Å². The van der Waals surface area contributed by atoms with Crippen LogP contribution in [-0.2, 0) is 0 Å². The summed E-state index contributed by atoms with van der Waals surface area (Å²) >= 11 is 0. The van der Waals surface area contributed by atoms with E-state index in [2.05, 4.69) is 228 Å². The maximum atomic E-state index is 6.68. The van der Waals surface area contributed by atoms with E-state index in [-0.39, 0.29) is 0 Å². The highest BCUT2D eigenvalue weighted by atomic mass is 16.3. The Hall–Kier alpha value is -7.88. The SMILES string of the molecule is c1ccc(N(c2ccc(-c3ccccc3-n3c4ccccc4c4ccccc43)cc2)c2cccc3ccccc23)c(-c2cccc3oc4c5ccccc5ccc4c23)c1. The molecule has 0 saturated heterocycles. The van der Waals surface area contributed by atoms with Crippen molar-refractivity contribution in [2.24, 2.45) is 0 Å². The summed E-state index contributed by atoms with van der Waals surface area (Å²) in [5.74, 6) is 0. The molecule has 276 valence electrons. The first-order valence-electron chi connectivity index (χ1n) is 20.2. The van der Waals surface area contributed by atoms with Crippen molar-refractivity contribution in [1.82, 2.24) is 4.57 Å². The quantitative estimate of drug-likeness (QED) is 0.169. The van der Waals surface area contributed by atoms with Crippen LogP contribution in [0, 0.1) is 0 Å². The molecule has 0 N–H and O–H groups in total. The summed E-state index contributed by atoms with van der Waals surface area (Å²) in [5.41, 5.74) is 13.2. The fraction of sp³-hybridized carbons (Fsp3) is 0. The van der Waals surface area contributed by atoms with Crippen LogP contribution in [0.2, 0.25) is 0 Å². The van der Waals surface area contributed by atoms with Crippen LogP contribution in [0.1, 0.15) is 0 Å². The number of hydrogen-bond donors (Lipinski definition) is 0. The van der Waals surface area contributed by atoms with E-state index in [4.69, 9.17) is 4.42 Å². The van der Waals surface area contributed by atoms with Crippen LogP contribution in [0.15, 0.2) is 223 Å². The summed E-state index contributed by atoms with van der Waals surface area (Å²) in [5, 5.41) is 9.42. The van der Waals surface area contributed by atoms with Crippen molar-refractivity contribution >= 4 is 82.4 Å². The number of benzene rings is 10. The van der Waals surface area contributed by atoms with Gasteiger partial charge in [0.1, 0.15) is 11.2 Å². The first-order chi connectivity index (χ1) is 29.3. The Morgan fingerprint density at radius 1 is 0.356 bits per heavy atom. The minimum atomic E-state index is 0.881. The number of nitrogens with zero attached hydrogens (tertiary/aromatic N) is 2. The number of furan rings is 1. The smallest absolute Gasteiger partial charge is 0.143 e. The molecule has 0 spiro atoms. The average molecular weight is 753 g/mol. The van der Waals surface area contributed by atoms with Gasteiger partial charge in [-0.1, -0.05) is 164 Å². The molecular weight excluding hydrogens is 717 g/mol. The van der Waals surface area contributed by atoms with Gasteiger partial charge in [0.25, 0.3) is 0 Å². The Labute approximate surface area is 341 Å². The third-order valence-corrected chi connectivity index (χ3v) is 12.0. The molecule has 3 heteroatoms. The second-order valence-corrected chi connectivity index (χ2v) is 15.2. The van der Waals surface area contributed by atoms with Gasteiger partial charge in [0.2, 0.25) is 0 Å². The second-order valence-electron chi connectivity index (χ2n) is 15.2. The Morgan fingerprint density at radius 2 is 0.915 bits per heavy atom. The van der Waals surface area contributed by atoms with Gasteiger partial charge in [0, 0.05) is 49.1 Å². The third kappa shape index (κ3) is 5.22. The lowest BCUT2D eigenvalue weighted by molar-refractivity contribution is 0.673. The maximum Gasteiger partial charge on any atom is 0.143 e. The van der Waals surface area contributed by atoms with Crippen LogP contribution in [0.5, 0.6) is 0 Å². The lowest BCUT2D eigenvalue weighted by atomic mass is 9.95. The number of fused-ring (bicyclic) bond motifs is 9. The van der Waals surface area contributed by atoms with Crippen molar-refractivity contribution < 1.29 is 4.42 Å². The monoisotopic (exact) mass is 752 g/mol. The number of aromatic nitrogens is 1. The molecule has 10 aromatic carbocycles. The second kappa shape index (κ2) is 13.4. The van der Waals surface area contributed by atoms with Gasteiger partial charge in [-0.2, -0.15) is 0 Å². The van der Waals surface area contributed by atoms with Gasteiger partial charge < -0.3 is 13.9 Å². The van der Waals surface area contributed by atoms with E-state index in [9.17, 15) is 0 Å². The molecule has 0 aliphatic carbocycles. The van der Waals surface area contributed by atoms with Gasteiger partial charge in [0.05, 0.1) is 28.1 Å². The van der Waals surface area contributed by atoms with E-state index < -0.39 is 0 Å². The Bertz CT molecular complexity index is 3510. The molecule has 12 rings (SSSR count). The molecule has 0 radical (unpaired) electrons. The van der Waals surface area contributed by atoms with Crippen molar-refractivity contribution in [2.75, 3.05) is 4.90 Å². The van der Waals surface area contributed by atoms with Crippen LogP contribution in [0.25, 0.3) is 93.2 Å². The maximum absolute atomic E-state index is 6.68. The molecule has 12 aromatic rings. The molecule has 0 bridgehead atoms. The van der Waals surface area contributed by atoms with Crippen molar-refractivity contribution in [1.29, 1.82) is 0 Å². The Balaban J connectivity index is 1.05. The lowest BCUT2D eigenvalue weighted by Crippen LogP contribution is -2.11. The number of hydrogen-bond acceptors (Lipinski definition) is 2. The van der Waals surface area contributed by atoms with E-state index in [1.807, 2.05) is 0 Å². The van der Waals surface area contributed by atoms with Gasteiger partial charge in [0.15, 0.2) is 0 Å². The van der Waals surface area contributed by atoms with Crippen molar-refractivity contribution in [3.8, 4) is 27.9 Å². The summed E-state index contributed by atoms with van der Waals surface area (Å²) in [6.07, 6.45) is 0. The predicted octanol–water partition coefficient (Wildman–Crippen LogP) is 15.8. The molecular formula is C56H36N2O. The number of para-hydroxylation sites is 4. The van der Waals surface area contributed by atoms with Crippen molar-refractivity contribution in [2.45, 2.75) is 0 Å². The normalized spacial score (nSPS) is 11.7. The molecule has 2 aromatic heterocycles. The number of rotatable bonds is 6. The molecule has 59 heavy (non-hydrogen) atoms. The highest BCUT2D eigenvalue weighted by Gasteiger charge is 2.23. The summed E-state index contributed by atoms with van der Waals surface area (Å²) in [4.78, 5) is 2.43. The van der Waals surface area contributed by atoms with E-state index >= 15 is 0 Å². The molecule has 0 fully saturated rings. The van der Waals surface area contributed by atoms with E-state index in [1.165, 1.54) is 43.5 Å². The minimum absolute atomic E-state index is 0.881. The fourth-order valence-electron chi connectivity index (χ4n) is 9.37. The fourth-order valence-corrected chi connectivity index (χ4v) is 9.37. The standard InChI is InChI=1S/C56H36N2O/c1-3-18-41-37(15-1)17-13-29-49(41)57(51-26-10-8-23-46(51)47-24-14-30-54-55(47)48-36-33-38-16-2-4-20-43(38)56(48)59-54)40-34-31-39(32-35-40)42-19-5-9-25-50(42)58-52-27-11-6-21-44(52)45-22-7-12-28-53(45)58/h1-36H. The summed E-state index contributed by atoms with van der Waals surface area (Å²) in [6.45, 7) is 0. The van der Waals surface area contributed by atoms with Gasteiger partial charge >= 0.3 is 0 Å². The zero-order valence-corrected chi connectivity index (χ0v) is 32.1. The summed E-state index contributed by atoms with van der Waals surface area (Å²) in [7, 11) is 0. The summed E-state index contributed by atoms with van der Waals surface area (Å²) < 4.78 is 9.09. The molecule has 3 nitrogen and oxygen atoms in total. The van der Waals surface area contributed by atoms with Crippen molar-refractivity contribution in [3.63, 3.8) is 0 Å². The van der Waals surface area contributed by atoms with E-state index in [1.54, 1.807) is 0 Å². The van der Waals surface area contributed by atoms with Crippen LogP contribution in [0.3, 0.4) is 0 Å². The first kappa shape index (κ1) is 33.3. The average Bonchev–Trinajstić information content (AvgIpc) is 3.86. The van der Waals surface area contributed by atoms with Gasteiger partial charge in [-0.05, 0) is 76.5 Å². The highest BCUT2D eigenvalue weighted by molar-refractivity contribution is 6.20.